The van der Waals surface area contributed by atoms with Crippen LogP contribution in [0.25, 0.3) is 0 Å². The molecule has 0 saturated heterocycles. The first-order valence-electron chi connectivity index (χ1n) is 5.99. The van der Waals surface area contributed by atoms with Gasteiger partial charge in [0.2, 0.25) is 0 Å². The van der Waals surface area contributed by atoms with Crippen LogP contribution in [0.4, 0.5) is 0 Å². The Balaban J connectivity index is 3.00. The summed E-state index contributed by atoms with van der Waals surface area (Å²) < 4.78 is 1.50. The SMILES string of the molecule is CCCC=Nn1c(CC(C)=O)nnc1CC(C)=O. The maximum Gasteiger partial charge on any atom is 0.161 e. The largest absolute Gasteiger partial charge is 0.300 e. The highest BCUT2D eigenvalue weighted by atomic mass is 16.1. The monoisotopic (exact) mass is 250 g/mol. The van der Waals surface area contributed by atoms with E-state index < -0.39 is 0 Å². The topological polar surface area (TPSA) is 77.2 Å². The van der Waals surface area contributed by atoms with Crippen molar-refractivity contribution in [2.45, 2.75) is 46.5 Å². The van der Waals surface area contributed by atoms with Gasteiger partial charge in [0.25, 0.3) is 0 Å². The van der Waals surface area contributed by atoms with Gasteiger partial charge in [0.1, 0.15) is 11.6 Å². The summed E-state index contributed by atoms with van der Waals surface area (Å²) in [7, 11) is 0. The third-order valence-corrected chi connectivity index (χ3v) is 2.20. The fourth-order valence-electron chi connectivity index (χ4n) is 1.42. The molecule has 18 heavy (non-hydrogen) atoms. The molecule has 0 N–H and O–H groups in total. The fraction of sp³-hybridized carbons (Fsp3) is 0.583. The molecule has 0 aliphatic heterocycles. The molecule has 1 rings (SSSR count). The van der Waals surface area contributed by atoms with Crippen LogP contribution in [-0.2, 0) is 22.4 Å². The summed E-state index contributed by atoms with van der Waals surface area (Å²) in [4.78, 5) is 22.3. The first kappa shape index (κ1) is 14.2. The lowest BCUT2D eigenvalue weighted by molar-refractivity contribution is -0.117. The number of aromatic nitrogens is 3. The zero-order valence-electron chi connectivity index (χ0n) is 11.0. The molecule has 1 aromatic rings. The summed E-state index contributed by atoms with van der Waals surface area (Å²) in [6.07, 6.45) is 3.91. The van der Waals surface area contributed by atoms with Gasteiger partial charge in [0.05, 0.1) is 12.8 Å². The lowest BCUT2D eigenvalue weighted by Gasteiger charge is -2.01. The van der Waals surface area contributed by atoms with Gasteiger partial charge in [-0.05, 0) is 20.3 Å². The van der Waals surface area contributed by atoms with Crippen molar-refractivity contribution in [3.8, 4) is 0 Å². The number of ketones is 2. The number of carbonyl (C=O) groups excluding carboxylic acids is 2. The minimum atomic E-state index is -0.0104. The average Bonchev–Trinajstić information content (AvgIpc) is 2.61. The van der Waals surface area contributed by atoms with Crippen molar-refractivity contribution in [2.24, 2.45) is 5.10 Å². The predicted molar refractivity (Wildman–Crippen MR) is 67.6 cm³/mol. The molecule has 1 aromatic heterocycles. The molecule has 0 atom stereocenters. The summed E-state index contributed by atoms with van der Waals surface area (Å²) in [6, 6.07) is 0. The minimum absolute atomic E-state index is 0.0104. The van der Waals surface area contributed by atoms with Gasteiger partial charge in [-0.2, -0.15) is 5.10 Å². The maximum absolute atomic E-state index is 11.1. The van der Waals surface area contributed by atoms with Gasteiger partial charge in [-0.3, -0.25) is 9.59 Å². The molecule has 0 radical (unpaired) electrons. The van der Waals surface area contributed by atoms with Gasteiger partial charge in [-0.15, -0.1) is 10.2 Å². The molecular weight excluding hydrogens is 232 g/mol. The van der Waals surface area contributed by atoms with Crippen LogP contribution >= 0.6 is 0 Å². The van der Waals surface area contributed by atoms with Crippen molar-refractivity contribution in [3.05, 3.63) is 11.6 Å². The normalized spacial score (nSPS) is 11.1. The lowest BCUT2D eigenvalue weighted by atomic mass is 10.3. The Labute approximate surface area is 106 Å². The zero-order valence-corrected chi connectivity index (χ0v) is 11.0. The molecular formula is C12H18N4O2. The van der Waals surface area contributed by atoms with Gasteiger partial charge in [0.15, 0.2) is 11.6 Å². The van der Waals surface area contributed by atoms with Crippen LogP contribution in [0.1, 0.15) is 45.3 Å². The Bertz CT molecular complexity index is 429. The third kappa shape index (κ3) is 4.20. The molecule has 6 heteroatoms. The second-order valence-electron chi connectivity index (χ2n) is 4.19. The number of hydrogen-bond donors (Lipinski definition) is 0. The van der Waals surface area contributed by atoms with E-state index >= 15 is 0 Å². The molecule has 0 aromatic carbocycles. The molecule has 0 aliphatic carbocycles. The van der Waals surface area contributed by atoms with E-state index in [1.54, 1.807) is 6.21 Å². The quantitative estimate of drug-likeness (QED) is 0.681. The van der Waals surface area contributed by atoms with Crippen LogP contribution in [0.15, 0.2) is 5.10 Å². The number of carbonyl (C=O) groups is 2. The van der Waals surface area contributed by atoms with E-state index in [0.29, 0.717) is 11.6 Å². The number of unbranched alkanes of at least 4 members (excludes halogenated alkanes) is 1. The number of hydrogen-bond acceptors (Lipinski definition) is 5. The second-order valence-corrected chi connectivity index (χ2v) is 4.19. The van der Waals surface area contributed by atoms with Crippen LogP contribution in [0.5, 0.6) is 0 Å². The van der Waals surface area contributed by atoms with Gasteiger partial charge in [0, 0.05) is 6.21 Å². The highest BCUT2D eigenvalue weighted by Crippen LogP contribution is 2.05. The van der Waals surface area contributed by atoms with Gasteiger partial charge >= 0.3 is 0 Å². The van der Waals surface area contributed by atoms with E-state index in [-0.39, 0.29) is 24.4 Å². The maximum atomic E-state index is 11.1. The Kier molecular flexibility index (Phi) is 5.35. The molecule has 6 nitrogen and oxygen atoms in total. The van der Waals surface area contributed by atoms with Crippen molar-refractivity contribution < 1.29 is 9.59 Å². The molecule has 0 amide bonds. The number of Topliss-reactive ketones (excluding diaryl/α,β-unsaturated/α-hetero) is 2. The van der Waals surface area contributed by atoms with Crippen molar-refractivity contribution in [2.75, 3.05) is 0 Å². The Hall–Kier alpha value is -1.85. The first-order chi connectivity index (χ1) is 8.54. The predicted octanol–water partition coefficient (Wildman–Crippen LogP) is 1.18. The summed E-state index contributed by atoms with van der Waals surface area (Å²) in [6.45, 7) is 5.02. The van der Waals surface area contributed by atoms with Gasteiger partial charge in [-0.25, -0.2) is 4.68 Å². The molecule has 1 heterocycles. The molecule has 98 valence electrons. The Morgan fingerprint density at radius 2 is 1.67 bits per heavy atom. The van der Waals surface area contributed by atoms with Crippen molar-refractivity contribution in [1.82, 2.24) is 14.9 Å². The molecule has 0 aliphatic rings. The highest BCUT2D eigenvalue weighted by Gasteiger charge is 2.14. The third-order valence-electron chi connectivity index (χ3n) is 2.20. The lowest BCUT2D eigenvalue weighted by Crippen LogP contribution is -2.09. The van der Waals surface area contributed by atoms with Crippen molar-refractivity contribution >= 4 is 17.8 Å². The van der Waals surface area contributed by atoms with Crippen LogP contribution in [0.3, 0.4) is 0 Å². The van der Waals surface area contributed by atoms with Crippen LogP contribution < -0.4 is 0 Å². The van der Waals surface area contributed by atoms with E-state index in [0.717, 1.165) is 12.8 Å². The van der Waals surface area contributed by atoms with E-state index in [1.165, 1.54) is 18.5 Å². The smallest absolute Gasteiger partial charge is 0.161 e. The van der Waals surface area contributed by atoms with Crippen molar-refractivity contribution in [3.63, 3.8) is 0 Å². The number of rotatable bonds is 7. The zero-order chi connectivity index (χ0) is 13.5. The molecule has 0 unspecified atom stereocenters. The van der Waals surface area contributed by atoms with E-state index in [1.807, 2.05) is 6.92 Å². The number of nitrogens with zero attached hydrogens (tertiary/aromatic N) is 4. The summed E-state index contributed by atoms with van der Waals surface area (Å²) in [5.41, 5.74) is 0. The minimum Gasteiger partial charge on any atom is -0.300 e. The summed E-state index contributed by atoms with van der Waals surface area (Å²) in [5, 5.41) is 12.1. The Morgan fingerprint density at radius 3 is 2.06 bits per heavy atom. The fourth-order valence-corrected chi connectivity index (χ4v) is 1.42. The summed E-state index contributed by atoms with van der Waals surface area (Å²) >= 11 is 0. The average molecular weight is 250 g/mol. The molecule has 0 fully saturated rings. The first-order valence-corrected chi connectivity index (χ1v) is 5.99. The summed E-state index contributed by atoms with van der Waals surface area (Å²) in [5.74, 6) is 0.935. The van der Waals surface area contributed by atoms with E-state index in [4.69, 9.17) is 0 Å². The van der Waals surface area contributed by atoms with E-state index in [9.17, 15) is 9.59 Å². The standard InChI is InChI=1S/C12H18N4O2/c1-4-5-6-13-16-11(7-9(2)17)14-15-12(16)8-10(3)18/h6H,4-5,7-8H2,1-3H3. The van der Waals surface area contributed by atoms with Gasteiger partial charge < -0.3 is 0 Å². The van der Waals surface area contributed by atoms with Gasteiger partial charge in [-0.1, -0.05) is 13.3 Å². The van der Waals surface area contributed by atoms with Crippen LogP contribution in [0.2, 0.25) is 0 Å². The molecule has 0 spiro atoms. The highest BCUT2D eigenvalue weighted by molar-refractivity contribution is 5.78. The van der Waals surface area contributed by atoms with Crippen LogP contribution in [0, 0.1) is 0 Å². The molecule has 0 bridgehead atoms. The van der Waals surface area contributed by atoms with Crippen molar-refractivity contribution in [1.29, 1.82) is 0 Å². The molecule has 0 saturated carbocycles. The second kappa shape index (κ2) is 6.78. The van der Waals surface area contributed by atoms with Crippen LogP contribution in [-0.4, -0.2) is 32.7 Å². The van der Waals surface area contributed by atoms with E-state index in [2.05, 4.69) is 15.3 Å². The Morgan fingerprint density at radius 1 is 1.17 bits per heavy atom.